The summed E-state index contributed by atoms with van der Waals surface area (Å²) in [7, 11) is 0. The van der Waals surface area contributed by atoms with Crippen molar-refractivity contribution in [3.63, 3.8) is 0 Å². The molecule has 1 aliphatic rings. The van der Waals surface area contributed by atoms with Crippen molar-refractivity contribution in [3.05, 3.63) is 53.4 Å². The molecule has 5 nitrogen and oxygen atoms in total. The molecule has 0 bridgehead atoms. The molecule has 2 heterocycles. The van der Waals surface area contributed by atoms with Crippen molar-refractivity contribution in [2.75, 3.05) is 13.1 Å². The van der Waals surface area contributed by atoms with Gasteiger partial charge in [-0.2, -0.15) is 0 Å². The third-order valence-corrected chi connectivity index (χ3v) is 3.64. The summed E-state index contributed by atoms with van der Waals surface area (Å²) in [6.45, 7) is 1.27. The van der Waals surface area contributed by atoms with Gasteiger partial charge in [0.25, 0.3) is 0 Å². The molecule has 0 radical (unpaired) electrons. The quantitative estimate of drug-likeness (QED) is 0.789. The van der Waals surface area contributed by atoms with Crippen molar-refractivity contribution in [2.45, 2.75) is 18.9 Å². The second-order valence-corrected chi connectivity index (χ2v) is 5.07. The minimum absolute atomic E-state index is 0.0786. The van der Waals surface area contributed by atoms with E-state index in [0.29, 0.717) is 13.0 Å². The van der Waals surface area contributed by atoms with Gasteiger partial charge in [0.15, 0.2) is 0 Å². The minimum atomic E-state index is -0.395. The third-order valence-electron chi connectivity index (χ3n) is 3.64. The lowest BCUT2D eigenvalue weighted by atomic mass is 10.0. The molecule has 21 heavy (non-hydrogen) atoms. The van der Waals surface area contributed by atoms with Crippen LogP contribution in [0.2, 0.25) is 0 Å². The molecular formula is C15H17FN4O. The molecule has 1 aliphatic heterocycles. The van der Waals surface area contributed by atoms with Gasteiger partial charge in [0, 0.05) is 25.2 Å². The molecule has 1 amide bonds. The average molecular weight is 288 g/mol. The number of nitrogens with one attached hydrogen (secondary N) is 3. The maximum atomic E-state index is 12.8. The van der Waals surface area contributed by atoms with Crippen molar-refractivity contribution in [1.82, 2.24) is 20.6 Å². The Kier molecular flexibility index (Phi) is 3.96. The normalized spacial score (nSPS) is 17.3. The predicted octanol–water partition coefficient (Wildman–Crippen LogP) is 1.09. The molecule has 2 aromatic rings. The van der Waals surface area contributed by atoms with E-state index in [9.17, 15) is 9.18 Å². The molecule has 0 saturated heterocycles. The molecule has 3 N–H and O–H groups in total. The summed E-state index contributed by atoms with van der Waals surface area (Å²) in [4.78, 5) is 19.5. The zero-order chi connectivity index (χ0) is 14.7. The van der Waals surface area contributed by atoms with Gasteiger partial charge in [-0.1, -0.05) is 12.1 Å². The zero-order valence-corrected chi connectivity index (χ0v) is 11.5. The number of amides is 1. The second kappa shape index (κ2) is 6.05. The molecule has 3 rings (SSSR count). The molecule has 0 aliphatic carbocycles. The number of fused-ring (bicyclic) bond motifs is 1. The van der Waals surface area contributed by atoms with E-state index in [1.807, 2.05) is 0 Å². The van der Waals surface area contributed by atoms with Crippen LogP contribution in [0.25, 0.3) is 0 Å². The van der Waals surface area contributed by atoms with Crippen LogP contribution in [0.1, 0.15) is 23.0 Å². The van der Waals surface area contributed by atoms with E-state index < -0.39 is 6.04 Å². The molecule has 6 heteroatoms. The van der Waals surface area contributed by atoms with Gasteiger partial charge in [-0.15, -0.1) is 0 Å². The van der Waals surface area contributed by atoms with E-state index in [4.69, 9.17) is 0 Å². The van der Waals surface area contributed by atoms with Crippen LogP contribution < -0.4 is 10.6 Å². The van der Waals surface area contributed by atoms with Gasteiger partial charge in [0.1, 0.15) is 11.9 Å². The topological polar surface area (TPSA) is 69.8 Å². The highest BCUT2D eigenvalue weighted by molar-refractivity contribution is 5.83. The number of carbonyl (C=O) groups is 1. The number of carbonyl (C=O) groups excluding carboxylic acids is 1. The Morgan fingerprint density at radius 1 is 1.38 bits per heavy atom. The van der Waals surface area contributed by atoms with Crippen molar-refractivity contribution in [3.8, 4) is 0 Å². The highest BCUT2D eigenvalue weighted by atomic mass is 19.1. The molecule has 1 aromatic heterocycles. The number of H-pyrrole nitrogens is 1. The first kappa shape index (κ1) is 13.8. The molecule has 0 spiro atoms. The number of benzene rings is 1. The van der Waals surface area contributed by atoms with Gasteiger partial charge in [0.2, 0.25) is 5.91 Å². The molecule has 0 fully saturated rings. The average Bonchev–Trinajstić information content (AvgIpc) is 2.97. The largest absolute Gasteiger partial charge is 0.354 e. The number of nitrogens with zero attached hydrogens (tertiary/aromatic N) is 1. The summed E-state index contributed by atoms with van der Waals surface area (Å²) in [5, 5.41) is 6.07. The fourth-order valence-electron chi connectivity index (χ4n) is 2.52. The van der Waals surface area contributed by atoms with Crippen LogP contribution in [-0.2, 0) is 17.6 Å². The Bertz CT molecular complexity index is 623. The summed E-state index contributed by atoms with van der Waals surface area (Å²) in [5.41, 5.74) is 2.79. The van der Waals surface area contributed by atoms with Crippen molar-refractivity contribution in [1.29, 1.82) is 0 Å². The van der Waals surface area contributed by atoms with Crippen LogP contribution >= 0.6 is 0 Å². The van der Waals surface area contributed by atoms with Crippen LogP contribution in [0.5, 0.6) is 0 Å². The summed E-state index contributed by atoms with van der Waals surface area (Å²) in [6.07, 6.45) is 3.15. The predicted molar refractivity (Wildman–Crippen MR) is 76.1 cm³/mol. The lowest BCUT2D eigenvalue weighted by Gasteiger charge is -2.22. The molecule has 1 atom stereocenters. The van der Waals surface area contributed by atoms with Crippen LogP contribution in [0.3, 0.4) is 0 Å². The highest BCUT2D eigenvalue weighted by Crippen LogP contribution is 2.19. The lowest BCUT2D eigenvalue weighted by Crippen LogP contribution is -2.42. The lowest BCUT2D eigenvalue weighted by molar-refractivity contribution is -0.123. The molecule has 0 saturated carbocycles. The maximum Gasteiger partial charge on any atom is 0.243 e. The summed E-state index contributed by atoms with van der Waals surface area (Å²) in [5.74, 6) is -0.328. The molecule has 0 unspecified atom stereocenters. The summed E-state index contributed by atoms with van der Waals surface area (Å²) >= 11 is 0. The Morgan fingerprint density at radius 3 is 3.00 bits per heavy atom. The SMILES string of the molecule is O=C(NCCc1ccc(F)cc1)[C@H]1NCCc2[nH]cnc21. The van der Waals surface area contributed by atoms with Crippen molar-refractivity contribution in [2.24, 2.45) is 0 Å². The maximum absolute atomic E-state index is 12.8. The number of hydrogen-bond acceptors (Lipinski definition) is 3. The molecule has 110 valence electrons. The van der Waals surface area contributed by atoms with Gasteiger partial charge in [0.05, 0.1) is 12.0 Å². The molecule has 1 aromatic carbocycles. The zero-order valence-electron chi connectivity index (χ0n) is 11.5. The van der Waals surface area contributed by atoms with Gasteiger partial charge in [-0.25, -0.2) is 9.37 Å². The number of hydrogen-bond donors (Lipinski definition) is 3. The van der Waals surface area contributed by atoms with E-state index in [1.54, 1.807) is 18.5 Å². The second-order valence-electron chi connectivity index (χ2n) is 5.07. The van der Waals surface area contributed by atoms with Gasteiger partial charge < -0.3 is 15.6 Å². The first-order chi connectivity index (χ1) is 10.2. The minimum Gasteiger partial charge on any atom is -0.354 e. The fraction of sp³-hybridized carbons (Fsp3) is 0.333. The standard InChI is InChI=1S/C15H17FN4O/c16-11-3-1-10(2-4-11)5-7-18-15(21)14-13-12(6-8-17-14)19-9-20-13/h1-4,9,14,17H,5-8H2,(H,18,21)(H,19,20)/t14-/m0/s1. The summed E-state index contributed by atoms with van der Waals surface area (Å²) in [6, 6.07) is 5.91. The van der Waals surface area contributed by atoms with Crippen molar-refractivity contribution >= 4 is 5.91 Å². The Labute approximate surface area is 122 Å². The van der Waals surface area contributed by atoms with Crippen LogP contribution in [-0.4, -0.2) is 29.0 Å². The number of aromatic nitrogens is 2. The van der Waals surface area contributed by atoms with Crippen LogP contribution in [0.4, 0.5) is 4.39 Å². The van der Waals surface area contributed by atoms with Gasteiger partial charge in [-0.05, 0) is 24.1 Å². The highest BCUT2D eigenvalue weighted by Gasteiger charge is 2.27. The fourth-order valence-corrected chi connectivity index (χ4v) is 2.52. The van der Waals surface area contributed by atoms with Crippen LogP contribution in [0.15, 0.2) is 30.6 Å². The number of imidazole rings is 1. The van der Waals surface area contributed by atoms with E-state index in [1.165, 1.54) is 12.1 Å². The van der Waals surface area contributed by atoms with E-state index in [0.717, 1.165) is 29.9 Å². The monoisotopic (exact) mass is 288 g/mol. The summed E-state index contributed by atoms with van der Waals surface area (Å²) < 4.78 is 12.8. The van der Waals surface area contributed by atoms with E-state index in [-0.39, 0.29) is 11.7 Å². The Morgan fingerprint density at radius 2 is 2.19 bits per heavy atom. The Balaban J connectivity index is 1.54. The van der Waals surface area contributed by atoms with E-state index in [2.05, 4.69) is 20.6 Å². The third kappa shape index (κ3) is 3.11. The molecular weight excluding hydrogens is 271 g/mol. The van der Waals surface area contributed by atoms with Gasteiger partial charge >= 0.3 is 0 Å². The van der Waals surface area contributed by atoms with Crippen LogP contribution in [0, 0.1) is 5.82 Å². The van der Waals surface area contributed by atoms with Gasteiger partial charge in [-0.3, -0.25) is 4.79 Å². The van der Waals surface area contributed by atoms with E-state index >= 15 is 0 Å². The Hall–Kier alpha value is -2.21. The smallest absolute Gasteiger partial charge is 0.243 e. The number of aromatic amines is 1. The number of halogens is 1. The first-order valence-corrected chi connectivity index (χ1v) is 7.02. The first-order valence-electron chi connectivity index (χ1n) is 7.02. The number of rotatable bonds is 4. The van der Waals surface area contributed by atoms with Crippen molar-refractivity contribution < 1.29 is 9.18 Å².